The van der Waals surface area contributed by atoms with Crippen LogP contribution in [0.1, 0.15) is 25.0 Å². The molecule has 1 aromatic heterocycles. The summed E-state index contributed by atoms with van der Waals surface area (Å²) in [6.07, 6.45) is 3.61. The van der Waals surface area contributed by atoms with E-state index in [0.717, 1.165) is 17.5 Å². The number of likely N-dealkylation sites (N-methyl/N-ethyl adjacent to an activating group) is 1. The molecule has 2 rings (SSSR count). The van der Waals surface area contributed by atoms with Crippen molar-refractivity contribution in [2.45, 2.75) is 32.9 Å². The summed E-state index contributed by atoms with van der Waals surface area (Å²) in [5, 5.41) is 2.70. The third-order valence-electron chi connectivity index (χ3n) is 4.28. The Morgan fingerprint density at radius 3 is 2.37 bits per heavy atom. The van der Waals surface area contributed by atoms with E-state index in [1.807, 2.05) is 56.3 Å². The van der Waals surface area contributed by atoms with E-state index in [0.29, 0.717) is 6.54 Å². The molecule has 0 spiro atoms. The van der Waals surface area contributed by atoms with E-state index < -0.39 is 12.1 Å². The minimum atomic E-state index is -0.629. The zero-order valence-corrected chi connectivity index (χ0v) is 16.1. The van der Waals surface area contributed by atoms with Crippen molar-refractivity contribution in [3.05, 3.63) is 66.0 Å². The van der Waals surface area contributed by atoms with Gasteiger partial charge in [0.25, 0.3) is 0 Å². The molecule has 0 bridgehead atoms. The van der Waals surface area contributed by atoms with Crippen molar-refractivity contribution in [1.29, 1.82) is 0 Å². The van der Waals surface area contributed by atoms with Crippen molar-refractivity contribution >= 4 is 12.0 Å². The van der Waals surface area contributed by atoms with Crippen molar-refractivity contribution in [3.8, 4) is 0 Å². The predicted octanol–water partition coefficient (Wildman–Crippen LogP) is 3.03. The summed E-state index contributed by atoms with van der Waals surface area (Å²) >= 11 is 0. The number of nitrogens with zero attached hydrogens (tertiary/aromatic N) is 2. The summed E-state index contributed by atoms with van der Waals surface area (Å²) in [5.41, 5.74) is 2.01. The smallest absolute Gasteiger partial charge is 0.408 e. The predicted molar refractivity (Wildman–Crippen MR) is 104 cm³/mol. The van der Waals surface area contributed by atoms with Gasteiger partial charge < -0.3 is 15.0 Å². The Bertz CT molecular complexity index is 720. The summed E-state index contributed by atoms with van der Waals surface area (Å²) in [6, 6.07) is 12.7. The fourth-order valence-corrected chi connectivity index (χ4v) is 2.60. The Morgan fingerprint density at radius 2 is 1.74 bits per heavy atom. The highest BCUT2D eigenvalue weighted by Gasteiger charge is 2.27. The summed E-state index contributed by atoms with van der Waals surface area (Å²) in [5.74, 6) is -0.180. The Kier molecular flexibility index (Phi) is 7.79. The second kappa shape index (κ2) is 10.3. The maximum atomic E-state index is 12.8. The molecule has 0 saturated heterocycles. The summed E-state index contributed by atoms with van der Waals surface area (Å²) in [7, 11) is 1.75. The summed E-state index contributed by atoms with van der Waals surface area (Å²) in [6.45, 7) is 4.53. The van der Waals surface area contributed by atoms with Gasteiger partial charge >= 0.3 is 6.09 Å². The van der Waals surface area contributed by atoms with E-state index in [1.165, 1.54) is 0 Å². The van der Waals surface area contributed by atoms with Gasteiger partial charge in [-0.2, -0.15) is 0 Å². The van der Waals surface area contributed by atoms with Gasteiger partial charge in [0, 0.05) is 26.0 Å². The van der Waals surface area contributed by atoms with Gasteiger partial charge in [0.1, 0.15) is 12.6 Å². The molecular weight excluding hydrogens is 342 g/mol. The van der Waals surface area contributed by atoms with Gasteiger partial charge in [0.05, 0.1) is 0 Å². The van der Waals surface area contributed by atoms with Crippen LogP contribution >= 0.6 is 0 Å². The number of rotatable bonds is 8. The first kappa shape index (κ1) is 20.4. The van der Waals surface area contributed by atoms with Gasteiger partial charge in [0.15, 0.2) is 0 Å². The average molecular weight is 369 g/mol. The van der Waals surface area contributed by atoms with Crippen molar-refractivity contribution in [1.82, 2.24) is 15.2 Å². The first-order valence-electron chi connectivity index (χ1n) is 9.08. The van der Waals surface area contributed by atoms with Crippen molar-refractivity contribution in [3.63, 3.8) is 0 Å². The van der Waals surface area contributed by atoms with Gasteiger partial charge in [-0.05, 0) is 35.6 Å². The number of hydrogen-bond donors (Lipinski definition) is 1. The maximum Gasteiger partial charge on any atom is 0.408 e. The van der Waals surface area contributed by atoms with E-state index in [2.05, 4.69) is 10.3 Å². The molecule has 0 saturated carbocycles. The minimum absolute atomic E-state index is 0.0508. The highest BCUT2D eigenvalue weighted by molar-refractivity contribution is 5.85. The van der Waals surface area contributed by atoms with Crippen LogP contribution in [-0.4, -0.2) is 41.5 Å². The monoisotopic (exact) mass is 369 g/mol. The van der Waals surface area contributed by atoms with Crippen LogP contribution in [0.15, 0.2) is 54.9 Å². The third-order valence-corrected chi connectivity index (χ3v) is 4.28. The van der Waals surface area contributed by atoms with Crippen molar-refractivity contribution in [2.24, 2.45) is 5.92 Å². The summed E-state index contributed by atoms with van der Waals surface area (Å²) < 4.78 is 5.24. The molecule has 0 fully saturated rings. The molecule has 0 aliphatic heterocycles. The van der Waals surface area contributed by atoms with Gasteiger partial charge in [-0.3, -0.25) is 9.78 Å². The molecule has 0 radical (unpaired) electrons. The molecule has 1 heterocycles. The van der Waals surface area contributed by atoms with E-state index in [9.17, 15) is 9.59 Å². The van der Waals surface area contributed by atoms with Crippen LogP contribution in [0.2, 0.25) is 0 Å². The van der Waals surface area contributed by atoms with Gasteiger partial charge in [-0.25, -0.2) is 4.79 Å². The standard InChI is InChI=1S/C21H27N3O3/c1-16(2)19(23-21(26)27-15-18-7-5-4-6-8-18)20(25)24(3)14-11-17-9-12-22-13-10-17/h4-10,12-13,16,19H,11,14-15H2,1-3H3,(H,23,26)/t19-/m0/s1. The molecular formula is C21H27N3O3. The Balaban J connectivity index is 1.86. The molecule has 6 nitrogen and oxygen atoms in total. The number of amides is 2. The molecule has 0 aliphatic carbocycles. The second-order valence-corrected chi connectivity index (χ2v) is 6.79. The normalized spacial score (nSPS) is 11.7. The van der Waals surface area contributed by atoms with Crippen LogP contribution in [0.25, 0.3) is 0 Å². The number of ether oxygens (including phenoxy) is 1. The molecule has 1 N–H and O–H groups in total. The lowest BCUT2D eigenvalue weighted by atomic mass is 10.0. The third kappa shape index (κ3) is 6.73. The molecule has 144 valence electrons. The highest BCUT2D eigenvalue weighted by Crippen LogP contribution is 2.08. The number of benzene rings is 1. The zero-order chi connectivity index (χ0) is 19.6. The second-order valence-electron chi connectivity index (χ2n) is 6.79. The minimum Gasteiger partial charge on any atom is -0.445 e. The Morgan fingerprint density at radius 1 is 1.07 bits per heavy atom. The van der Waals surface area contributed by atoms with Gasteiger partial charge in [-0.15, -0.1) is 0 Å². The van der Waals surface area contributed by atoms with Crippen LogP contribution in [0, 0.1) is 5.92 Å². The molecule has 6 heteroatoms. The maximum absolute atomic E-state index is 12.8. The molecule has 0 aliphatic rings. The van der Waals surface area contributed by atoms with Crippen molar-refractivity contribution in [2.75, 3.05) is 13.6 Å². The highest BCUT2D eigenvalue weighted by atomic mass is 16.5. The lowest BCUT2D eigenvalue weighted by Gasteiger charge is -2.27. The quantitative estimate of drug-likeness (QED) is 0.776. The van der Waals surface area contributed by atoms with E-state index >= 15 is 0 Å². The van der Waals surface area contributed by atoms with Crippen LogP contribution in [0.5, 0.6) is 0 Å². The van der Waals surface area contributed by atoms with Crippen LogP contribution in [0.3, 0.4) is 0 Å². The van der Waals surface area contributed by atoms with Crippen LogP contribution in [-0.2, 0) is 22.6 Å². The molecule has 2 aromatic rings. The number of hydrogen-bond acceptors (Lipinski definition) is 4. The molecule has 1 atom stereocenters. The SMILES string of the molecule is CC(C)[C@H](NC(=O)OCc1ccccc1)C(=O)N(C)CCc1ccncc1. The lowest BCUT2D eigenvalue weighted by molar-refractivity contribution is -0.133. The molecule has 2 amide bonds. The van der Waals surface area contributed by atoms with E-state index in [1.54, 1.807) is 24.3 Å². The number of alkyl carbamates (subject to hydrolysis) is 1. The topological polar surface area (TPSA) is 71.5 Å². The zero-order valence-electron chi connectivity index (χ0n) is 16.1. The van der Waals surface area contributed by atoms with Crippen LogP contribution in [0.4, 0.5) is 4.79 Å². The molecule has 27 heavy (non-hydrogen) atoms. The van der Waals surface area contributed by atoms with Gasteiger partial charge in [-0.1, -0.05) is 44.2 Å². The van der Waals surface area contributed by atoms with E-state index in [-0.39, 0.29) is 18.4 Å². The fraction of sp³-hybridized carbons (Fsp3) is 0.381. The number of carbonyl (C=O) groups excluding carboxylic acids is 2. The summed E-state index contributed by atoms with van der Waals surface area (Å²) in [4.78, 5) is 30.5. The molecule has 1 aromatic carbocycles. The fourth-order valence-electron chi connectivity index (χ4n) is 2.60. The largest absolute Gasteiger partial charge is 0.445 e. The average Bonchev–Trinajstić information content (AvgIpc) is 2.69. The van der Waals surface area contributed by atoms with E-state index in [4.69, 9.17) is 4.74 Å². The first-order valence-corrected chi connectivity index (χ1v) is 9.08. The number of pyridine rings is 1. The van der Waals surface area contributed by atoms with Gasteiger partial charge in [0.2, 0.25) is 5.91 Å². The van der Waals surface area contributed by atoms with Crippen molar-refractivity contribution < 1.29 is 14.3 Å². The number of aromatic nitrogens is 1. The Labute approximate surface area is 160 Å². The molecule has 0 unspecified atom stereocenters. The number of nitrogens with one attached hydrogen (secondary N) is 1. The first-order chi connectivity index (χ1) is 13.0. The number of carbonyl (C=O) groups is 2. The lowest BCUT2D eigenvalue weighted by Crippen LogP contribution is -2.50. The Hall–Kier alpha value is -2.89. The van der Waals surface area contributed by atoms with Crippen LogP contribution < -0.4 is 5.32 Å².